The van der Waals surface area contributed by atoms with Gasteiger partial charge in [0.05, 0.1) is 17.1 Å². The van der Waals surface area contributed by atoms with Crippen LogP contribution in [0.5, 0.6) is 0 Å². The Balaban J connectivity index is 1.30. The molecular weight excluding hydrogens is 476 g/mol. The third kappa shape index (κ3) is 3.51. The molecule has 0 fully saturated rings. The van der Waals surface area contributed by atoms with E-state index in [9.17, 15) is 0 Å². The highest BCUT2D eigenvalue weighted by atomic mass is 16.3. The lowest BCUT2D eigenvalue weighted by molar-refractivity contribution is 0.669. The van der Waals surface area contributed by atoms with Crippen LogP contribution in [0.3, 0.4) is 0 Å². The third-order valence-electron chi connectivity index (χ3n) is 7.96. The maximum Gasteiger partial charge on any atom is 0.143 e. The Bertz CT molecular complexity index is 2020. The number of rotatable bonds is 3. The lowest BCUT2D eigenvalue weighted by Crippen LogP contribution is -2.17. The summed E-state index contributed by atoms with van der Waals surface area (Å²) >= 11 is 0. The minimum Gasteiger partial charge on any atom is -0.455 e. The van der Waals surface area contributed by atoms with E-state index in [2.05, 4.69) is 102 Å². The molecule has 8 rings (SSSR count). The van der Waals surface area contributed by atoms with Gasteiger partial charge >= 0.3 is 0 Å². The SMILES string of the molecule is C1=CC2=C(c3cccc(-c4ccccn4)n3)C=CC(c3cc4c5ccccc5oc4c4ccccc34)C2C=C1. The standard InChI is InChI=1S/C36H24N2O/c1-2-11-24-23(10-1)26(19-20-27(24)32-16-9-17-34(38-32)33-15-7-8-21-37-33)30-22-31-28-13-5-6-18-35(28)39-36(31)29-14-4-3-12-25(29)30/h1-23,26H. The van der Waals surface area contributed by atoms with E-state index in [0.717, 1.165) is 44.6 Å². The molecule has 0 aliphatic heterocycles. The largest absolute Gasteiger partial charge is 0.455 e. The molecule has 6 aromatic rings. The van der Waals surface area contributed by atoms with E-state index in [4.69, 9.17) is 9.40 Å². The summed E-state index contributed by atoms with van der Waals surface area (Å²) < 4.78 is 6.37. The molecule has 0 amide bonds. The number of pyridine rings is 2. The van der Waals surface area contributed by atoms with Crippen LogP contribution in [0.25, 0.3) is 49.7 Å². The molecule has 2 unspecified atom stereocenters. The zero-order valence-corrected chi connectivity index (χ0v) is 21.2. The number of hydrogen-bond donors (Lipinski definition) is 0. The minimum absolute atomic E-state index is 0.187. The summed E-state index contributed by atoms with van der Waals surface area (Å²) in [5.74, 6) is 0.390. The molecule has 2 atom stereocenters. The molecule has 3 heterocycles. The van der Waals surface area contributed by atoms with Crippen LogP contribution in [0.1, 0.15) is 17.2 Å². The van der Waals surface area contributed by atoms with Crippen molar-refractivity contribution in [3.8, 4) is 11.4 Å². The number of aromatic nitrogens is 2. The lowest BCUT2D eigenvalue weighted by Gasteiger charge is -2.31. The van der Waals surface area contributed by atoms with Crippen molar-refractivity contribution < 1.29 is 4.42 Å². The van der Waals surface area contributed by atoms with Crippen LogP contribution >= 0.6 is 0 Å². The molecule has 39 heavy (non-hydrogen) atoms. The number of hydrogen-bond acceptors (Lipinski definition) is 3. The molecule has 3 aromatic heterocycles. The Morgan fingerprint density at radius 1 is 0.590 bits per heavy atom. The predicted octanol–water partition coefficient (Wildman–Crippen LogP) is 9.05. The highest BCUT2D eigenvalue weighted by Crippen LogP contribution is 2.46. The number of fused-ring (bicyclic) bond motifs is 6. The van der Waals surface area contributed by atoms with Crippen molar-refractivity contribution in [1.82, 2.24) is 9.97 Å². The van der Waals surface area contributed by atoms with E-state index in [0.29, 0.717) is 0 Å². The molecule has 0 spiro atoms. The highest BCUT2D eigenvalue weighted by molar-refractivity contribution is 6.16. The van der Waals surface area contributed by atoms with Gasteiger partial charge in [-0.1, -0.05) is 91.1 Å². The van der Waals surface area contributed by atoms with Crippen molar-refractivity contribution in [3.63, 3.8) is 0 Å². The first-order chi connectivity index (χ1) is 19.3. The number of furan rings is 1. The summed E-state index contributed by atoms with van der Waals surface area (Å²) in [5.41, 5.74) is 8.38. The van der Waals surface area contributed by atoms with Gasteiger partial charge in [-0.2, -0.15) is 0 Å². The van der Waals surface area contributed by atoms with Gasteiger partial charge in [0.1, 0.15) is 11.2 Å². The summed E-state index contributed by atoms with van der Waals surface area (Å²) in [4.78, 5) is 9.54. The van der Waals surface area contributed by atoms with E-state index in [1.165, 1.54) is 21.9 Å². The smallest absolute Gasteiger partial charge is 0.143 e. The van der Waals surface area contributed by atoms with Gasteiger partial charge in [0.2, 0.25) is 0 Å². The van der Waals surface area contributed by atoms with Crippen LogP contribution in [-0.4, -0.2) is 9.97 Å². The lowest BCUT2D eigenvalue weighted by atomic mass is 9.72. The fourth-order valence-corrected chi connectivity index (χ4v) is 6.18. The molecule has 0 bridgehead atoms. The Labute approximate surface area is 226 Å². The maximum absolute atomic E-state index is 6.37. The van der Waals surface area contributed by atoms with E-state index in [1.807, 2.05) is 36.5 Å². The summed E-state index contributed by atoms with van der Waals surface area (Å²) in [6.45, 7) is 0. The number of allylic oxidation sites excluding steroid dienone is 8. The topological polar surface area (TPSA) is 38.9 Å². The second-order valence-electron chi connectivity index (χ2n) is 10.1. The van der Waals surface area contributed by atoms with Crippen LogP contribution in [0.2, 0.25) is 0 Å². The van der Waals surface area contributed by atoms with E-state index in [-0.39, 0.29) is 11.8 Å². The van der Waals surface area contributed by atoms with Crippen LogP contribution < -0.4 is 0 Å². The number of benzene rings is 3. The average Bonchev–Trinajstić information content (AvgIpc) is 3.40. The Hall–Kier alpha value is -5.02. The Morgan fingerprint density at radius 2 is 1.38 bits per heavy atom. The van der Waals surface area contributed by atoms with Gasteiger partial charge in [-0.05, 0) is 52.9 Å². The molecular formula is C36H24N2O. The molecule has 3 nitrogen and oxygen atoms in total. The Kier molecular flexibility index (Phi) is 4.95. The van der Waals surface area contributed by atoms with E-state index >= 15 is 0 Å². The van der Waals surface area contributed by atoms with Gasteiger partial charge in [-0.15, -0.1) is 0 Å². The van der Waals surface area contributed by atoms with Crippen molar-refractivity contribution in [2.24, 2.45) is 5.92 Å². The van der Waals surface area contributed by atoms with Crippen molar-refractivity contribution in [2.45, 2.75) is 5.92 Å². The van der Waals surface area contributed by atoms with Gasteiger partial charge < -0.3 is 4.42 Å². The number of para-hydroxylation sites is 1. The molecule has 3 aromatic carbocycles. The van der Waals surface area contributed by atoms with Gasteiger partial charge in [0, 0.05) is 39.8 Å². The maximum atomic E-state index is 6.37. The molecule has 2 aliphatic carbocycles. The van der Waals surface area contributed by atoms with Crippen LogP contribution in [-0.2, 0) is 0 Å². The molecule has 0 radical (unpaired) electrons. The zero-order valence-electron chi connectivity index (χ0n) is 21.2. The molecule has 0 saturated heterocycles. The first-order valence-corrected chi connectivity index (χ1v) is 13.3. The predicted molar refractivity (Wildman–Crippen MR) is 159 cm³/mol. The minimum atomic E-state index is 0.187. The zero-order chi connectivity index (χ0) is 25.8. The van der Waals surface area contributed by atoms with E-state index in [1.54, 1.807) is 0 Å². The van der Waals surface area contributed by atoms with Crippen molar-refractivity contribution in [1.29, 1.82) is 0 Å². The molecule has 184 valence electrons. The quantitative estimate of drug-likeness (QED) is 0.243. The third-order valence-corrected chi connectivity index (χ3v) is 7.96. The highest BCUT2D eigenvalue weighted by Gasteiger charge is 2.30. The first kappa shape index (κ1) is 22.0. The normalized spacial score (nSPS) is 18.4. The van der Waals surface area contributed by atoms with Crippen LogP contribution in [0, 0.1) is 5.92 Å². The van der Waals surface area contributed by atoms with Gasteiger partial charge in [-0.3, -0.25) is 4.98 Å². The van der Waals surface area contributed by atoms with Gasteiger partial charge in [-0.25, -0.2) is 4.98 Å². The van der Waals surface area contributed by atoms with Crippen molar-refractivity contribution >= 4 is 38.3 Å². The fourth-order valence-electron chi connectivity index (χ4n) is 6.18. The van der Waals surface area contributed by atoms with Gasteiger partial charge in [0.15, 0.2) is 0 Å². The van der Waals surface area contributed by atoms with Crippen molar-refractivity contribution in [2.75, 3.05) is 0 Å². The van der Waals surface area contributed by atoms with E-state index < -0.39 is 0 Å². The first-order valence-electron chi connectivity index (χ1n) is 13.3. The monoisotopic (exact) mass is 500 g/mol. The van der Waals surface area contributed by atoms with Crippen LogP contribution in [0.4, 0.5) is 0 Å². The van der Waals surface area contributed by atoms with Gasteiger partial charge in [0.25, 0.3) is 0 Å². The molecule has 2 aliphatic rings. The summed E-state index contributed by atoms with van der Waals surface area (Å²) in [7, 11) is 0. The summed E-state index contributed by atoms with van der Waals surface area (Å²) in [6.07, 6.45) is 15.3. The average molecular weight is 501 g/mol. The summed E-state index contributed by atoms with van der Waals surface area (Å²) in [6, 6.07) is 31.4. The molecule has 0 N–H and O–H groups in total. The van der Waals surface area contributed by atoms with Crippen LogP contribution in [0.15, 0.2) is 144 Å². The second kappa shape index (κ2) is 8.78. The van der Waals surface area contributed by atoms with Crippen molar-refractivity contribution in [3.05, 3.63) is 150 Å². The second-order valence-corrected chi connectivity index (χ2v) is 10.1. The Morgan fingerprint density at radius 3 is 2.28 bits per heavy atom. The molecule has 0 saturated carbocycles. The fraction of sp³-hybridized carbons (Fsp3) is 0.0556. The molecule has 3 heteroatoms. The number of nitrogens with zero attached hydrogens (tertiary/aromatic N) is 2. The summed E-state index contributed by atoms with van der Waals surface area (Å²) in [5, 5.41) is 4.72.